The summed E-state index contributed by atoms with van der Waals surface area (Å²) in [4.78, 5) is 17.4. The predicted octanol–water partition coefficient (Wildman–Crippen LogP) is 4.47. The summed E-state index contributed by atoms with van der Waals surface area (Å²) in [5.74, 6) is 0.808. The Bertz CT molecular complexity index is 737. The van der Waals surface area contributed by atoms with Crippen molar-refractivity contribution in [2.75, 3.05) is 12.3 Å². The van der Waals surface area contributed by atoms with Crippen molar-refractivity contribution in [1.82, 2.24) is 4.90 Å². The lowest BCUT2D eigenvalue weighted by molar-refractivity contribution is -0.130. The molecule has 0 unspecified atom stereocenters. The minimum absolute atomic E-state index is 0.220. The number of thioether (sulfide) groups is 1. The zero-order chi connectivity index (χ0) is 15.8. The second kappa shape index (κ2) is 6.33. The Morgan fingerprint density at radius 3 is 3.04 bits per heavy atom. The Labute approximate surface area is 145 Å². The van der Waals surface area contributed by atoms with E-state index in [9.17, 15) is 4.79 Å². The van der Waals surface area contributed by atoms with Gasteiger partial charge in [0.2, 0.25) is 5.91 Å². The van der Waals surface area contributed by atoms with Crippen LogP contribution in [0.1, 0.15) is 41.0 Å². The predicted molar refractivity (Wildman–Crippen MR) is 97.3 cm³/mol. The number of aryl methyl sites for hydroxylation is 2. The summed E-state index contributed by atoms with van der Waals surface area (Å²) < 4.78 is 0. The van der Waals surface area contributed by atoms with E-state index < -0.39 is 0 Å². The van der Waals surface area contributed by atoms with Crippen molar-refractivity contribution in [3.8, 4) is 0 Å². The van der Waals surface area contributed by atoms with Gasteiger partial charge in [0.05, 0.1) is 11.8 Å². The number of hydrogen-bond donors (Lipinski definition) is 0. The Morgan fingerprint density at radius 1 is 1.26 bits per heavy atom. The maximum atomic E-state index is 12.7. The summed E-state index contributed by atoms with van der Waals surface area (Å²) in [6.45, 7) is 3.01. The van der Waals surface area contributed by atoms with Crippen LogP contribution in [-0.4, -0.2) is 23.1 Å². The molecule has 1 aliphatic carbocycles. The van der Waals surface area contributed by atoms with Crippen LogP contribution in [0.5, 0.6) is 0 Å². The lowest BCUT2D eigenvalue weighted by Crippen LogP contribution is -2.39. The van der Waals surface area contributed by atoms with Crippen LogP contribution in [0.15, 0.2) is 34.5 Å². The largest absolute Gasteiger partial charge is 0.335 e. The summed E-state index contributed by atoms with van der Waals surface area (Å²) in [6.07, 6.45) is 4.69. The molecule has 23 heavy (non-hydrogen) atoms. The van der Waals surface area contributed by atoms with E-state index in [0.717, 1.165) is 13.0 Å². The molecular formula is C19H21NOS2. The third-order valence-electron chi connectivity index (χ3n) is 5.03. The molecule has 0 bridgehead atoms. The number of hydrogen-bond acceptors (Lipinski definition) is 3. The Hall–Kier alpha value is -1.26. The van der Waals surface area contributed by atoms with Crippen LogP contribution in [-0.2, 0) is 24.1 Å². The van der Waals surface area contributed by atoms with E-state index in [2.05, 4.69) is 41.5 Å². The lowest BCUT2D eigenvalue weighted by atomic mass is 10.0. The fraction of sp³-hybridized carbons (Fsp3) is 0.421. The number of benzene rings is 1. The van der Waals surface area contributed by atoms with Gasteiger partial charge in [-0.15, -0.1) is 23.1 Å². The lowest BCUT2D eigenvalue weighted by Gasteiger charge is -2.33. The molecule has 0 saturated carbocycles. The SMILES string of the molecule is C[C@H]1c2ccsc2CCN1C(=O)CSc1ccc2c(c1)CCC2. The van der Waals surface area contributed by atoms with E-state index in [4.69, 9.17) is 0 Å². The summed E-state index contributed by atoms with van der Waals surface area (Å²) in [6, 6.07) is 9.11. The molecule has 1 aromatic heterocycles. The Kier molecular flexibility index (Phi) is 4.20. The summed E-state index contributed by atoms with van der Waals surface area (Å²) in [5, 5.41) is 2.15. The average Bonchev–Trinajstić information content (AvgIpc) is 3.21. The van der Waals surface area contributed by atoms with Gasteiger partial charge in [-0.25, -0.2) is 0 Å². The molecule has 0 N–H and O–H groups in total. The Balaban J connectivity index is 1.41. The van der Waals surface area contributed by atoms with Crippen molar-refractivity contribution in [1.29, 1.82) is 0 Å². The van der Waals surface area contributed by atoms with Crippen molar-refractivity contribution in [3.05, 3.63) is 51.2 Å². The van der Waals surface area contributed by atoms with Crippen LogP contribution < -0.4 is 0 Å². The molecule has 120 valence electrons. The van der Waals surface area contributed by atoms with Crippen LogP contribution in [0.25, 0.3) is 0 Å². The van der Waals surface area contributed by atoms with Gasteiger partial charge >= 0.3 is 0 Å². The molecule has 4 rings (SSSR count). The topological polar surface area (TPSA) is 20.3 Å². The minimum atomic E-state index is 0.220. The number of rotatable bonds is 3. The van der Waals surface area contributed by atoms with Crippen LogP contribution >= 0.6 is 23.1 Å². The molecule has 1 aliphatic heterocycles. The fourth-order valence-electron chi connectivity index (χ4n) is 3.72. The molecule has 0 radical (unpaired) electrons. The van der Waals surface area contributed by atoms with E-state index in [1.54, 1.807) is 11.8 Å². The first-order valence-corrected chi connectivity index (χ1v) is 10.2. The third kappa shape index (κ3) is 2.94. The first-order chi connectivity index (χ1) is 11.2. The van der Waals surface area contributed by atoms with Crippen LogP contribution in [0.3, 0.4) is 0 Å². The molecule has 2 nitrogen and oxygen atoms in total. The first kappa shape index (κ1) is 15.3. The molecular weight excluding hydrogens is 322 g/mol. The summed E-state index contributed by atoms with van der Waals surface area (Å²) >= 11 is 3.51. The van der Waals surface area contributed by atoms with Gasteiger partial charge in [-0.05, 0) is 72.9 Å². The number of fused-ring (bicyclic) bond motifs is 2. The molecule has 4 heteroatoms. The highest BCUT2D eigenvalue weighted by molar-refractivity contribution is 8.00. The summed E-state index contributed by atoms with van der Waals surface area (Å²) in [7, 11) is 0. The molecule has 0 saturated heterocycles. The fourth-order valence-corrected chi connectivity index (χ4v) is 5.52. The standard InChI is InChI=1S/C19H21NOS2/c1-13-17-8-10-22-18(17)7-9-20(13)19(21)12-23-16-6-5-14-3-2-4-15(14)11-16/h5-6,8,10-11,13H,2-4,7,9,12H2,1H3/t13-/m0/s1. The van der Waals surface area contributed by atoms with Crippen molar-refractivity contribution in [2.45, 2.75) is 43.5 Å². The minimum Gasteiger partial charge on any atom is -0.335 e. The number of thiophene rings is 1. The molecule has 1 amide bonds. The number of carbonyl (C=O) groups excluding carboxylic acids is 1. The molecule has 2 aromatic rings. The average molecular weight is 344 g/mol. The molecule has 2 aliphatic rings. The smallest absolute Gasteiger partial charge is 0.233 e. The van der Waals surface area contributed by atoms with E-state index in [1.807, 2.05) is 11.3 Å². The van der Waals surface area contributed by atoms with Gasteiger partial charge in [0, 0.05) is 16.3 Å². The maximum absolute atomic E-state index is 12.7. The molecule has 1 atom stereocenters. The van der Waals surface area contributed by atoms with Crippen molar-refractivity contribution < 1.29 is 4.79 Å². The first-order valence-electron chi connectivity index (χ1n) is 8.33. The van der Waals surface area contributed by atoms with Crippen molar-refractivity contribution in [2.24, 2.45) is 0 Å². The molecule has 0 spiro atoms. The van der Waals surface area contributed by atoms with E-state index in [-0.39, 0.29) is 11.9 Å². The third-order valence-corrected chi connectivity index (χ3v) is 7.00. The maximum Gasteiger partial charge on any atom is 0.233 e. The highest BCUT2D eigenvalue weighted by Gasteiger charge is 2.28. The second-order valence-electron chi connectivity index (χ2n) is 6.38. The molecule has 1 aromatic carbocycles. The van der Waals surface area contributed by atoms with Crippen molar-refractivity contribution in [3.63, 3.8) is 0 Å². The highest BCUT2D eigenvalue weighted by atomic mass is 32.2. The second-order valence-corrected chi connectivity index (χ2v) is 8.43. The monoisotopic (exact) mass is 343 g/mol. The number of nitrogens with zero attached hydrogens (tertiary/aromatic N) is 1. The van der Waals surface area contributed by atoms with Crippen LogP contribution in [0.2, 0.25) is 0 Å². The van der Waals surface area contributed by atoms with Crippen LogP contribution in [0.4, 0.5) is 0 Å². The van der Waals surface area contributed by atoms with E-state index in [1.165, 1.54) is 45.7 Å². The van der Waals surface area contributed by atoms with Crippen LogP contribution in [0, 0.1) is 0 Å². The van der Waals surface area contributed by atoms with Gasteiger partial charge in [-0.1, -0.05) is 6.07 Å². The van der Waals surface area contributed by atoms with Gasteiger partial charge in [-0.3, -0.25) is 4.79 Å². The van der Waals surface area contributed by atoms with E-state index >= 15 is 0 Å². The molecule has 2 heterocycles. The van der Waals surface area contributed by atoms with Gasteiger partial charge in [0.15, 0.2) is 0 Å². The van der Waals surface area contributed by atoms with Gasteiger partial charge in [-0.2, -0.15) is 0 Å². The summed E-state index contributed by atoms with van der Waals surface area (Å²) in [5.41, 5.74) is 4.32. The zero-order valence-electron chi connectivity index (χ0n) is 13.4. The van der Waals surface area contributed by atoms with Gasteiger partial charge in [0.25, 0.3) is 0 Å². The molecule has 0 fully saturated rings. The van der Waals surface area contributed by atoms with Gasteiger partial charge in [0.1, 0.15) is 0 Å². The number of carbonyl (C=O) groups is 1. The highest BCUT2D eigenvalue weighted by Crippen LogP contribution is 2.34. The zero-order valence-corrected chi connectivity index (χ0v) is 15.0. The van der Waals surface area contributed by atoms with Gasteiger partial charge < -0.3 is 4.90 Å². The Morgan fingerprint density at radius 2 is 2.13 bits per heavy atom. The van der Waals surface area contributed by atoms with Crippen molar-refractivity contribution >= 4 is 29.0 Å². The number of amides is 1. The quantitative estimate of drug-likeness (QED) is 0.766. The van der Waals surface area contributed by atoms with E-state index in [0.29, 0.717) is 5.75 Å². The normalized spacial score (nSPS) is 19.5.